The molecule has 5 rings (SSSR count). The Morgan fingerprint density at radius 1 is 1.09 bits per heavy atom. The van der Waals surface area contributed by atoms with Gasteiger partial charge in [-0.2, -0.15) is 4.31 Å². The number of nitrogens with zero attached hydrogens (tertiary/aromatic N) is 4. The number of carbonyl (C=O) groups excluding carboxylic acids is 1. The third-order valence-corrected chi connectivity index (χ3v) is 9.31. The molecule has 1 aliphatic carbocycles. The van der Waals surface area contributed by atoms with Crippen molar-refractivity contribution in [1.82, 2.24) is 19.4 Å². The first-order valence-electron chi connectivity index (χ1n) is 10.4. The van der Waals surface area contributed by atoms with Crippen LogP contribution in [0.5, 0.6) is 0 Å². The molecule has 0 radical (unpaired) electrons. The fourth-order valence-corrected chi connectivity index (χ4v) is 6.80. The van der Waals surface area contributed by atoms with E-state index >= 15 is 0 Å². The average Bonchev–Trinajstić information content (AvgIpc) is 3.58. The Balaban J connectivity index is 1.15. The molecule has 2 aliphatic rings. The van der Waals surface area contributed by atoms with Gasteiger partial charge < -0.3 is 9.32 Å². The van der Waals surface area contributed by atoms with Crippen molar-refractivity contribution in [3.63, 3.8) is 0 Å². The van der Waals surface area contributed by atoms with Gasteiger partial charge in [-0.25, -0.2) is 8.42 Å². The summed E-state index contributed by atoms with van der Waals surface area (Å²) in [5.74, 6) is 0.546. The Labute approximate surface area is 194 Å². The molecule has 0 saturated carbocycles. The smallest absolute Gasteiger partial charge is 0.277 e. The van der Waals surface area contributed by atoms with Gasteiger partial charge in [-0.05, 0) is 54.0 Å². The van der Waals surface area contributed by atoms with Crippen molar-refractivity contribution in [1.29, 1.82) is 0 Å². The normalized spacial score (nSPS) is 16.9. The number of carbonyl (C=O) groups is 1. The molecule has 3 heterocycles. The number of sulfonamides is 1. The molecule has 1 fully saturated rings. The zero-order chi connectivity index (χ0) is 22.1. The minimum Gasteiger partial charge on any atom is -0.410 e. The Kier molecular flexibility index (Phi) is 6.06. The zero-order valence-corrected chi connectivity index (χ0v) is 19.7. The Morgan fingerprint density at radius 2 is 1.91 bits per heavy atom. The molecule has 0 N–H and O–H groups in total. The number of thiophene rings is 1. The summed E-state index contributed by atoms with van der Waals surface area (Å²) >= 11 is 2.70. The average molecular weight is 491 g/mol. The molecule has 0 unspecified atom stereocenters. The molecular formula is C21H22N4O4S3. The van der Waals surface area contributed by atoms with E-state index in [-0.39, 0.29) is 11.7 Å². The van der Waals surface area contributed by atoms with Crippen molar-refractivity contribution in [2.45, 2.75) is 29.4 Å². The SMILES string of the molecule is O=C(CSc1nnc(-c2cccs2)o1)N1CCN(S(=O)(=O)c2ccc3c(c2)CCC3)CC1. The highest BCUT2D eigenvalue weighted by atomic mass is 32.2. The number of piperazine rings is 1. The van der Waals surface area contributed by atoms with Crippen LogP contribution in [0.15, 0.2) is 50.2 Å². The first-order valence-corrected chi connectivity index (χ1v) is 13.7. The van der Waals surface area contributed by atoms with Gasteiger partial charge in [0.15, 0.2) is 0 Å². The van der Waals surface area contributed by atoms with Gasteiger partial charge in [0.25, 0.3) is 11.1 Å². The second kappa shape index (κ2) is 8.97. The fraction of sp³-hybridized carbons (Fsp3) is 0.381. The third kappa shape index (κ3) is 4.34. The van der Waals surface area contributed by atoms with E-state index in [0.29, 0.717) is 42.2 Å². The van der Waals surface area contributed by atoms with E-state index < -0.39 is 10.0 Å². The van der Waals surface area contributed by atoms with Crippen LogP contribution < -0.4 is 0 Å². The summed E-state index contributed by atoms with van der Waals surface area (Å²) in [6.07, 6.45) is 3.04. The lowest BCUT2D eigenvalue weighted by Crippen LogP contribution is -2.50. The number of hydrogen-bond acceptors (Lipinski definition) is 8. The molecule has 11 heteroatoms. The Bertz CT molecular complexity index is 1220. The van der Waals surface area contributed by atoms with E-state index in [1.807, 2.05) is 29.6 Å². The number of rotatable bonds is 6. The predicted molar refractivity (Wildman–Crippen MR) is 122 cm³/mol. The maximum Gasteiger partial charge on any atom is 0.277 e. The van der Waals surface area contributed by atoms with Gasteiger partial charge in [0.2, 0.25) is 15.9 Å². The van der Waals surface area contributed by atoms with Gasteiger partial charge >= 0.3 is 0 Å². The quantitative estimate of drug-likeness (QED) is 0.490. The van der Waals surface area contributed by atoms with Crippen LogP contribution in [0.2, 0.25) is 0 Å². The number of aromatic nitrogens is 2. The molecule has 1 amide bonds. The maximum atomic E-state index is 13.1. The van der Waals surface area contributed by atoms with E-state index in [0.717, 1.165) is 29.7 Å². The molecule has 2 aromatic heterocycles. The monoisotopic (exact) mass is 490 g/mol. The molecule has 1 saturated heterocycles. The summed E-state index contributed by atoms with van der Waals surface area (Å²) < 4.78 is 33.2. The number of benzene rings is 1. The molecule has 168 valence electrons. The molecule has 0 spiro atoms. The van der Waals surface area contributed by atoms with Gasteiger partial charge in [-0.3, -0.25) is 4.79 Å². The summed E-state index contributed by atoms with van der Waals surface area (Å²) in [5, 5.41) is 10.3. The topological polar surface area (TPSA) is 96.6 Å². The van der Waals surface area contributed by atoms with Crippen molar-refractivity contribution < 1.29 is 17.6 Å². The summed E-state index contributed by atoms with van der Waals surface area (Å²) in [6, 6.07) is 9.27. The van der Waals surface area contributed by atoms with Gasteiger partial charge in [0.1, 0.15) is 0 Å². The van der Waals surface area contributed by atoms with Crippen molar-refractivity contribution in [2.75, 3.05) is 31.9 Å². The zero-order valence-electron chi connectivity index (χ0n) is 17.3. The van der Waals surface area contributed by atoms with E-state index in [2.05, 4.69) is 10.2 Å². The summed E-state index contributed by atoms with van der Waals surface area (Å²) in [6.45, 7) is 1.32. The van der Waals surface area contributed by atoms with Crippen LogP contribution in [0.1, 0.15) is 17.5 Å². The molecule has 1 aromatic carbocycles. The van der Waals surface area contributed by atoms with Crippen molar-refractivity contribution in [3.8, 4) is 10.8 Å². The molecule has 0 bridgehead atoms. The van der Waals surface area contributed by atoms with Crippen molar-refractivity contribution in [3.05, 3.63) is 46.8 Å². The van der Waals surface area contributed by atoms with Gasteiger partial charge in [-0.15, -0.1) is 21.5 Å². The highest BCUT2D eigenvalue weighted by Gasteiger charge is 2.31. The van der Waals surface area contributed by atoms with Gasteiger partial charge in [0, 0.05) is 26.2 Å². The number of aryl methyl sites for hydroxylation is 2. The lowest BCUT2D eigenvalue weighted by atomic mass is 10.1. The predicted octanol–water partition coefficient (Wildman–Crippen LogP) is 2.91. The first-order chi connectivity index (χ1) is 15.5. The Morgan fingerprint density at radius 3 is 2.69 bits per heavy atom. The summed E-state index contributed by atoms with van der Waals surface area (Å²) in [4.78, 5) is 15.5. The van der Waals surface area contributed by atoms with Crippen LogP contribution in [0.3, 0.4) is 0 Å². The molecule has 1 aliphatic heterocycles. The number of thioether (sulfide) groups is 1. The highest BCUT2D eigenvalue weighted by molar-refractivity contribution is 7.99. The Hall–Kier alpha value is -2.21. The lowest BCUT2D eigenvalue weighted by Gasteiger charge is -2.34. The first kappa shape index (κ1) is 21.6. The second-order valence-corrected chi connectivity index (χ2v) is 11.5. The third-order valence-electron chi connectivity index (χ3n) is 5.76. The summed E-state index contributed by atoms with van der Waals surface area (Å²) in [7, 11) is -3.55. The van der Waals surface area contributed by atoms with Crippen LogP contribution in [0.25, 0.3) is 10.8 Å². The van der Waals surface area contributed by atoms with E-state index in [4.69, 9.17) is 4.42 Å². The number of fused-ring (bicyclic) bond motifs is 1. The molecule has 8 nitrogen and oxygen atoms in total. The van der Waals surface area contributed by atoms with Crippen LogP contribution in [0, 0.1) is 0 Å². The minimum absolute atomic E-state index is 0.0690. The van der Waals surface area contributed by atoms with E-state index in [1.165, 1.54) is 33.0 Å². The standard InChI is InChI=1S/C21H22N4O4S3/c26-19(14-31-21-23-22-20(29-21)18-5-2-12-30-18)24-8-10-25(11-9-24)32(27,28)17-7-6-15-3-1-4-16(15)13-17/h2,5-7,12-13H,1,3-4,8-11,14H2. The van der Waals surface area contributed by atoms with Crippen LogP contribution in [0.4, 0.5) is 0 Å². The van der Waals surface area contributed by atoms with E-state index in [9.17, 15) is 13.2 Å². The highest BCUT2D eigenvalue weighted by Crippen LogP contribution is 2.28. The van der Waals surface area contributed by atoms with Crippen molar-refractivity contribution >= 4 is 39.0 Å². The maximum absolute atomic E-state index is 13.1. The fourth-order valence-electron chi connectivity index (χ4n) is 4.02. The van der Waals surface area contributed by atoms with Gasteiger partial charge in [0.05, 0.1) is 15.5 Å². The molecule has 0 atom stereocenters. The lowest BCUT2D eigenvalue weighted by molar-refractivity contribution is -0.129. The minimum atomic E-state index is -3.55. The summed E-state index contributed by atoms with van der Waals surface area (Å²) in [5.41, 5.74) is 2.39. The van der Waals surface area contributed by atoms with Crippen LogP contribution >= 0.6 is 23.1 Å². The molecule has 3 aromatic rings. The molecular weight excluding hydrogens is 468 g/mol. The number of hydrogen-bond donors (Lipinski definition) is 0. The van der Waals surface area contributed by atoms with E-state index in [1.54, 1.807) is 11.0 Å². The van der Waals surface area contributed by atoms with Crippen molar-refractivity contribution in [2.24, 2.45) is 0 Å². The van der Waals surface area contributed by atoms with Crippen LogP contribution in [-0.2, 0) is 27.7 Å². The second-order valence-electron chi connectivity index (χ2n) is 7.71. The van der Waals surface area contributed by atoms with Crippen LogP contribution in [-0.4, -0.2) is 65.7 Å². The largest absolute Gasteiger partial charge is 0.410 e. The number of amides is 1. The van der Waals surface area contributed by atoms with Gasteiger partial charge in [-0.1, -0.05) is 23.9 Å². The molecule has 32 heavy (non-hydrogen) atoms.